The molecule has 6 heteroatoms. The number of benzene rings is 3. The second-order valence-electron chi connectivity index (χ2n) is 8.19. The van der Waals surface area contributed by atoms with Crippen molar-refractivity contribution in [2.24, 2.45) is 0 Å². The van der Waals surface area contributed by atoms with Crippen LogP contribution in [0.2, 0.25) is 0 Å². The Hall–Kier alpha value is -3.80. The number of aryl methyl sites for hydroxylation is 1. The number of hydrogen-bond acceptors (Lipinski definition) is 4. The van der Waals surface area contributed by atoms with Gasteiger partial charge in [-0.3, -0.25) is 0 Å². The van der Waals surface area contributed by atoms with Crippen molar-refractivity contribution in [1.82, 2.24) is 0 Å². The molecule has 6 nitrogen and oxygen atoms in total. The fourth-order valence-electron chi connectivity index (χ4n) is 3.52. The molecular weight excluding hydrogens is 396 g/mol. The second-order valence-corrected chi connectivity index (χ2v) is 8.19. The Labute approximate surface area is 180 Å². The summed E-state index contributed by atoms with van der Waals surface area (Å²) in [5.41, 5.74) is 4.41. The van der Waals surface area contributed by atoms with Gasteiger partial charge in [0.05, 0.1) is 0 Å². The van der Waals surface area contributed by atoms with E-state index in [4.69, 9.17) is 9.47 Å². The summed E-state index contributed by atoms with van der Waals surface area (Å²) >= 11 is 0. The van der Waals surface area contributed by atoms with Gasteiger partial charge in [-0.25, -0.2) is 9.59 Å². The Morgan fingerprint density at radius 3 is 1.74 bits per heavy atom. The van der Waals surface area contributed by atoms with Crippen LogP contribution in [0.5, 0.6) is 11.5 Å². The van der Waals surface area contributed by atoms with Crippen LogP contribution >= 0.6 is 0 Å². The van der Waals surface area contributed by atoms with Gasteiger partial charge in [0.25, 0.3) is 0 Å². The van der Waals surface area contributed by atoms with E-state index in [0.29, 0.717) is 11.1 Å². The standard InChI is InChI=1S/C25H24O6/c1-15-13-16(25(2,3)4)14-19(17-9-5-7-11-20(17)30-23(26)27)22(15)18-10-6-8-12-21(18)31-24(28)29/h5-14H,1-4H3,(H,26,27)(H,28,29). The van der Waals surface area contributed by atoms with E-state index in [9.17, 15) is 19.8 Å². The molecule has 3 aromatic rings. The van der Waals surface area contributed by atoms with Gasteiger partial charge in [-0.2, -0.15) is 0 Å². The number of ether oxygens (including phenoxy) is 2. The quantitative estimate of drug-likeness (QED) is 0.359. The van der Waals surface area contributed by atoms with Crippen molar-refractivity contribution in [3.05, 3.63) is 71.8 Å². The fourth-order valence-corrected chi connectivity index (χ4v) is 3.52. The van der Waals surface area contributed by atoms with Gasteiger partial charge in [0, 0.05) is 11.1 Å². The van der Waals surface area contributed by atoms with Crippen molar-refractivity contribution in [3.63, 3.8) is 0 Å². The minimum Gasteiger partial charge on any atom is -0.449 e. The van der Waals surface area contributed by atoms with E-state index in [0.717, 1.165) is 22.3 Å². The van der Waals surface area contributed by atoms with E-state index in [1.54, 1.807) is 48.5 Å². The topological polar surface area (TPSA) is 93.1 Å². The SMILES string of the molecule is Cc1cc(C(C)(C)C)cc(-c2ccccc2OC(=O)O)c1-c1ccccc1OC(=O)O. The summed E-state index contributed by atoms with van der Waals surface area (Å²) in [7, 11) is 0. The van der Waals surface area contributed by atoms with E-state index in [2.05, 4.69) is 26.8 Å². The summed E-state index contributed by atoms with van der Waals surface area (Å²) in [4.78, 5) is 22.5. The maximum Gasteiger partial charge on any atom is 0.511 e. The van der Waals surface area contributed by atoms with Gasteiger partial charge in [-0.1, -0.05) is 63.2 Å². The average Bonchev–Trinajstić information content (AvgIpc) is 2.67. The molecule has 0 saturated carbocycles. The molecule has 3 aromatic carbocycles. The fraction of sp³-hybridized carbons (Fsp3) is 0.200. The van der Waals surface area contributed by atoms with Crippen LogP contribution in [0.15, 0.2) is 60.7 Å². The van der Waals surface area contributed by atoms with Gasteiger partial charge in [-0.15, -0.1) is 0 Å². The van der Waals surface area contributed by atoms with Crippen LogP contribution in [-0.4, -0.2) is 22.5 Å². The van der Waals surface area contributed by atoms with Gasteiger partial charge in [0.15, 0.2) is 0 Å². The van der Waals surface area contributed by atoms with E-state index in [-0.39, 0.29) is 16.9 Å². The lowest BCUT2D eigenvalue weighted by atomic mass is 9.81. The predicted molar refractivity (Wildman–Crippen MR) is 118 cm³/mol. The zero-order valence-corrected chi connectivity index (χ0v) is 17.8. The van der Waals surface area contributed by atoms with Crippen LogP contribution < -0.4 is 9.47 Å². The Balaban J connectivity index is 2.38. The molecule has 0 radical (unpaired) electrons. The zero-order valence-electron chi connectivity index (χ0n) is 17.8. The first-order valence-electron chi connectivity index (χ1n) is 9.73. The van der Waals surface area contributed by atoms with E-state index in [1.807, 2.05) is 13.0 Å². The Kier molecular flexibility index (Phi) is 6.02. The van der Waals surface area contributed by atoms with E-state index >= 15 is 0 Å². The maximum absolute atomic E-state index is 11.3. The summed E-state index contributed by atoms with van der Waals surface area (Å²) in [6, 6.07) is 17.8. The minimum atomic E-state index is -1.41. The van der Waals surface area contributed by atoms with Crippen molar-refractivity contribution in [3.8, 4) is 33.8 Å². The molecule has 160 valence electrons. The molecule has 3 rings (SSSR count). The molecule has 0 aromatic heterocycles. The normalized spacial score (nSPS) is 11.1. The third-order valence-corrected chi connectivity index (χ3v) is 4.93. The molecule has 0 aliphatic heterocycles. The molecule has 0 saturated heterocycles. The molecule has 0 aliphatic rings. The highest BCUT2D eigenvalue weighted by Crippen LogP contribution is 2.44. The molecule has 0 spiro atoms. The Morgan fingerprint density at radius 1 is 0.742 bits per heavy atom. The smallest absolute Gasteiger partial charge is 0.449 e. The lowest BCUT2D eigenvalue weighted by molar-refractivity contribution is 0.143. The van der Waals surface area contributed by atoms with Crippen LogP contribution in [0, 0.1) is 6.92 Å². The lowest BCUT2D eigenvalue weighted by Gasteiger charge is -2.24. The summed E-state index contributed by atoms with van der Waals surface area (Å²) < 4.78 is 10.1. The molecule has 2 N–H and O–H groups in total. The number of para-hydroxylation sites is 2. The molecular formula is C25H24O6. The Morgan fingerprint density at radius 2 is 1.23 bits per heavy atom. The van der Waals surface area contributed by atoms with Crippen molar-refractivity contribution >= 4 is 12.3 Å². The zero-order chi connectivity index (χ0) is 22.8. The first kappa shape index (κ1) is 21.9. The molecule has 0 bridgehead atoms. The highest BCUT2D eigenvalue weighted by molar-refractivity contribution is 5.91. The largest absolute Gasteiger partial charge is 0.511 e. The molecule has 0 atom stereocenters. The highest BCUT2D eigenvalue weighted by Gasteiger charge is 2.23. The van der Waals surface area contributed by atoms with Gasteiger partial charge < -0.3 is 19.7 Å². The molecule has 0 aliphatic carbocycles. The third-order valence-electron chi connectivity index (χ3n) is 4.93. The van der Waals surface area contributed by atoms with Crippen LogP contribution in [0.25, 0.3) is 22.3 Å². The number of rotatable bonds is 4. The highest BCUT2D eigenvalue weighted by atomic mass is 16.7. The molecule has 0 unspecified atom stereocenters. The van der Waals surface area contributed by atoms with E-state index in [1.165, 1.54) is 0 Å². The summed E-state index contributed by atoms with van der Waals surface area (Å²) in [5, 5.41) is 18.4. The number of hydrogen-bond donors (Lipinski definition) is 2. The van der Waals surface area contributed by atoms with Crippen molar-refractivity contribution < 1.29 is 29.3 Å². The van der Waals surface area contributed by atoms with Crippen molar-refractivity contribution in [2.45, 2.75) is 33.1 Å². The van der Waals surface area contributed by atoms with Gasteiger partial charge in [-0.05, 0) is 52.8 Å². The van der Waals surface area contributed by atoms with Gasteiger partial charge >= 0.3 is 12.3 Å². The average molecular weight is 420 g/mol. The first-order valence-corrected chi connectivity index (χ1v) is 9.73. The third kappa shape index (κ3) is 4.86. The van der Waals surface area contributed by atoms with Crippen LogP contribution in [0.3, 0.4) is 0 Å². The molecule has 0 heterocycles. The second kappa shape index (κ2) is 8.52. The number of carbonyl (C=O) groups is 2. The minimum absolute atomic E-state index is 0.169. The van der Waals surface area contributed by atoms with Crippen LogP contribution in [0.1, 0.15) is 31.9 Å². The molecule has 0 amide bonds. The number of carboxylic acid groups (broad SMARTS) is 2. The Bertz CT molecular complexity index is 1140. The molecule has 31 heavy (non-hydrogen) atoms. The van der Waals surface area contributed by atoms with Crippen molar-refractivity contribution in [2.75, 3.05) is 0 Å². The summed E-state index contributed by atoms with van der Waals surface area (Å²) in [6.07, 6.45) is -2.82. The predicted octanol–water partition coefficient (Wildman–Crippen LogP) is 6.74. The lowest BCUT2D eigenvalue weighted by Crippen LogP contribution is -2.12. The monoisotopic (exact) mass is 420 g/mol. The maximum atomic E-state index is 11.3. The van der Waals surface area contributed by atoms with Crippen molar-refractivity contribution in [1.29, 1.82) is 0 Å². The van der Waals surface area contributed by atoms with Crippen LogP contribution in [0.4, 0.5) is 9.59 Å². The first-order chi connectivity index (χ1) is 14.6. The van der Waals surface area contributed by atoms with E-state index < -0.39 is 12.3 Å². The molecule has 0 fully saturated rings. The summed E-state index contributed by atoms with van der Waals surface area (Å²) in [6.45, 7) is 8.21. The van der Waals surface area contributed by atoms with Gasteiger partial charge in [0.1, 0.15) is 11.5 Å². The van der Waals surface area contributed by atoms with Gasteiger partial charge in [0.2, 0.25) is 0 Å². The summed E-state index contributed by atoms with van der Waals surface area (Å²) in [5.74, 6) is 0.387. The van der Waals surface area contributed by atoms with Crippen LogP contribution in [-0.2, 0) is 5.41 Å².